The van der Waals surface area contributed by atoms with Gasteiger partial charge in [0.05, 0.1) is 21.8 Å². The summed E-state index contributed by atoms with van der Waals surface area (Å²) in [5.41, 5.74) is -0.134. The van der Waals surface area contributed by atoms with Crippen molar-refractivity contribution in [1.29, 1.82) is 0 Å². The first-order valence-corrected chi connectivity index (χ1v) is 6.97. The fraction of sp³-hybridized carbons (Fsp3) is 0.231. The van der Waals surface area contributed by atoms with Gasteiger partial charge in [-0.2, -0.15) is 5.10 Å². The van der Waals surface area contributed by atoms with E-state index in [1.807, 2.05) is 13.8 Å². The highest BCUT2D eigenvalue weighted by molar-refractivity contribution is 6.42. The molecule has 0 saturated heterocycles. The summed E-state index contributed by atoms with van der Waals surface area (Å²) < 4.78 is 1.58. The van der Waals surface area contributed by atoms with E-state index in [0.717, 1.165) is 0 Å². The Balaban J connectivity index is 1.92. The van der Waals surface area contributed by atoms with E-state index >= 15 is 0 Å². The molecule has 2 rings (SSSR count). The lowest BCUT2D eigenvalue weighted by atomic mass is 10.1. The molecular weight excluding hydrogens is 329 g/mol. The molecule has 22 heavy (non-hydrogen) atoms. The van der Waals surface area contributed by atoms with Gasteiger partial charge in [-0.05, 0) is 32.0 Å². The molecule has 1 heterocycles. The lowest BCUT2D eigenvalue weighted by Gasteiger charge is -2.18. The molecule has 0 bridgehead atoms. The number of carbonyl (C=O) groups is 1. The molecule has 0 aliphatic carbocycles. The molecule has 0 aliphatic rings. The topological polar surface area (TPSA) is 81.4 Å². The molecule has 0 radical (unpaired) electrons. The second-order valence-electron chi connectivity index (χ2n) is 4.86. The molecule has 1 aromatic carbocycles. The zero-order valence-electron chi connectivity index (χ0n) is 11.8. The van der Waals surface area contributed by atoms with E-state index in [1.165, 1.54) is 18.6 Å². The van der Waals surface area contributed by atoms with Crippen molar-refractivity contribution in [3.63, 3.8) is 0 Å². The molecule has 2 aromatic rings. The van der Waals surface area contributed by atoms with Gasteiger partial charge in [-0.25, -0.2) is 14.5 Å². The predicted octanol–water partition coefficient (Wildman–Crippen LogP) is 3.55. The van der Waals surface area contributed by atoms with Crippen LogP contribution in [0.4, 0.5) is 10.5 Å². The first kappa shape index (κ1) is 16.3. The molecule has 1 amide bonds. The fourth-order valence-corrected chi connectivity index (χ4v) is 1.78. The van der Waals surface area contributed by atoms with E-state index in [1.54, 1.807) is 23.1 Å². The summed E-state index contributed by atoms with van der Waals surface area (Å²) >= 11 is 11.6. The van der Waals surface area contributed by atoms with E-state index in [4.69, 9.17) is 28.0 Å². The molecule has 116 valence electrons. The normalized spacial score (nSPS) is 11.6. The Hall–Kier alpha value is -2.12. The smallest absolute Gasteiger partial charge is 0.298 e. The third kappa shape index (κ3) is 4.19. The van der Waals surface area contributed by atoms with Crippen LogP contribution in [-0.2, 0) is 10.4 Å². The van der Waals surface area contributed by atoms with E-state index in [0.29, 0.717) is 15.7 Å². The number of nitrogens with one attached hydrogen (secondary N) is 1. The number of amides is 1. The first-order valence-electron chi connectivity index (χ1n) is 6.21. The SMILES string of the molecule is CC(C)(C=NOC(=O)Nc1ccc(Cl)c(Cl)c1)n1cncn1. The summed E-state index contributed by atoms with van der Waals surface area (Å²) in [7, 11) is 0. The van der Waals surface area contributed by atoms with Gasteiger partial charge >= 0.3 is 6.09 Å². The Morgan fingerprint density at radius 2 is 2.18 bits per heavy atom. The van der Waals surface area contributed by atoms with Crippen molar-refractivity contribution in [3.05, 3.63) is 40.9 Å². The zero-order valence-corrected chi connectivity index (χ0v) is 13.3. The Morgan fingerprint density at radius 3 is 2.82 bits per heavy atom. The van der Waals surface area contributed by atoms with Crippen molar-refractivity contribution >= 4 is 41.2 Å². The van der Waals surface area contributed by atoms with Gasteiger partial charge in [0.25, 0.3) is 0 Å². The summed E-state index contributed by atoms with van der Waals surface area (Å²) in [5, 5.41) is 10.9. The lowest BCUT2D eigenvalue weighted by molar-refractivity contribution is 0.166. The Kier molecular flexibility index (Phi) is 4.99. The van der Waals surface area contributed by atoms with Crippen molar-refractivity contribution in [2.75, 3.05) is 5.32 Å². The number of anilines is 1. The van der Waals surface area contributed by atoms with E-state index < -0.39 is 11.6 Å². The molecular formula is C13H13Cl2N5O2. The van der Waals surface area contributed by atoms with E-state index in [-0.39, 0.29) is 0 Å². The van der Waals surface area contributed by atoms with Crippen LogP contribution in [0.2, 0.25) is 10.0 Å². The third-order valence-electron chi connectivity index (χ3n) is 2.68. The first-order chi connectivity index (χ1) is 10.4. The van der Waals surface area contributed by atoms with Gasteiger partial charge in [-0.15, -0.1) is 0 Å². The van der Waals surface area contributed by atoms with Gasteiger partial charge in [-0.3, -0.25) is 10.2 Å². The molecule has 0 fully saturated rings. The number of oxime groups is 1. The average Bonchev–Trinajstić information content (AvgIpc) is 2.97. The van der Waals surface area contributed by atoms with Crippen LogP contribution in [0.25, 0.3) is 0 Å². The lowest BCUT2D eigenvalue weighted by Crippen LogP contribution is -2.28. The van der Waals surface area contributed by atoms with E-state index in [9.17, 15) is 4.79 Å². The van der Waals surface area contributed by atoms with Crippen molar-refractivity contribution in [1.82, 2.24) is 14.8 Å². The van der Waals surface area contributed by atoms with Gasteiger partial charge in [0.1, 0.15) is 12.7 Å². The van der Waals surface area contributed by atoms with Crippen molar-refractivity contribution in [2.45, 2.75) is 19.4 Å². The van der Waals surface area contributed by atoms with Crippen LogP contribution in [0.3, 0.4) is 0 Å². The predicted molar refractivity (Wildman–Crippen MR) is 84.4 cm³/mol. The summed E-state index contributed by atoms with van der Waals surface area (Å²) in [6, 6.07) is 4.67. The molecule has 0 atom stereocenters. The van der Waals surface area contributed by atoms with E-state index in [2.05, 4.69) is 20.6 Å². The highest BCUT2D eigenvalue weighted by atomic mass is 35.5. The highest BCUT2D eigenvalue weighted by Crippen LogP contribution is 2.25. The minimum Gasteiger partial charge on any atom is -0.298 e. The van der Waals surface area contributed by atoms with Gasteiger partial charge in [0.15, 0.2) is 0 Å². The Bertz CT molecular complexity index is 686. The number of hydrogen-bond donors (Lipinski definition) is 1. The van der Waals surface area contributed by atoms with Gasteiger partial charge in [-0.1, -0.05) is 28.4 Å². The van der Waals surface area contributed by atoms with Crippen molar-refractivity contribution < 1.29 is 9.63 Å². The molecule has 1 N–H and O–H groups in total. The number of halogens is 2. The number of hydrogen-bond acceptors (Lipinski definition) is 5. The summed E-state index contributed by atoms with van der Waals surface area (Å²) in [6.07, 6.45) is 3.65. The zero-order chi connectivity index (χ0) is 16.2. The average molecular weight is 342 g/mol. The monoisotopic (exact) mass is 341 g/mol. The van der Waals surface area contributed by atoms with Crippen molar-refractivity contribution in [3.8, 4) is 0 Å². The maximum atomic E-state index is 11.6. The molecule has 1 aromatic heterocycles. The molecule has 9 heteroatoms. The maximum Gasteiger partial charge on any atom is 0.437 e. The standard InChI is InChI=1S/C13H13Cl2N5O2/c1-13(2,20-8-16-7-17-20)6-18-22-12(21)19-9-3-4-10(14)11(15)5-9/h3-8H,1-2H3,(H,19,21). The number of carbonyl (C=O) groups excluding carboxylic acids is 1. The summed E-state index contributed by atoms with van der Waals surface area (Å²) in [5.74, 6) is 0. The van der Waals surface area contributed by atoms with Gasteiger partial charge in [0.2, 0.25) is 0 Å². The van der Waals surface area contributed by atoms with Crippen LogP contribution < -0.4 is 5.32 Å². The van der Waals surface area contributed by atoms with Crippen LogP contribution >= 0.6 is 23.2 Å². The largest absolute Gasteiger partial charge is 0.437 e. The quantitative estimate of drug-likeness (QED) is 0.523. The van der Waals surface area contributed by atoms with Crippen LogP contribution in [0.15, 0.2) is 36.0 Å². The van der Waals surface area contributed by atoms with Gasteiger partial charge < -0.3 is 0 Å². The van der Waals surface area contributed by atoms with Crippen LogP contribution in [0.1, 0.15) is 13.8 Å². The Morgan fingerprint density at radius 1 is 1.41 bits per heavy atom. The second kappa shape index (κ2) is 6.76. The summed E-state index contributed by atoms with van der Waals surface area (Å²) in [6.45, 7) is 3.68. The molecule has 0 saturated carbocycles. The molecule has 7 nitrogen and oxygen atoms in total. The fourth-order valence-electron chi connectivity index (χ4n) is 1.48. The minimum absolute atomic E-state index is 0.329. The van der Waals surface area contributed by atoms with Gasteiger partial charge in [0, 0.05) is 5.69 Å². The Labute approximate surface area is 136 Å². The second-order valence-corrected chi connectivity index (χ2v) is 5.68. The number of nitrogens with zero attached hydrogens (tertiary/aromatic N) is 4. The van der Waals surface area contributed by atoms with Crippen LogP contribution in [-0.4, -0.2) is 27.1 Å². The molecule has 0 spiro atoms. The number of benzene rings is 1. The number of rotatable bonds is 4. The minimum atomic E-state index is -0.746. The molecule has 0 aliphatic heterocycles. The highest BCUT2D eigenvalue weighted by Gasteiger charge is 2.18. The van der Waals surface area contributed by atoms with Crippen LogP contribution in [0.5, 0.6) is 0 Å². The van der Waals surface area contributed by atoms with Crippen LogP contribution in [0, 0.1) is 0 Å². The van der Waals surface area contributed by atoms with Crippen molar-refractivity contribution in [2.24, 2.45) is 5.16 Å². The number of aromatic nitrogens is 3. The maximum absolute atomic E-state index is 11.6. The summed E-state index contributed by atoms with van der Waals surface area (Å²) in [4.78, 5) is 20.2. The molecule has 0 unspecified atom stereocenters. The third-order valence-corrected chi connectivity index (χ3v) is 3.42.